The molecule has 1 aliphatic heterocycles. The molecule has 0 saturated heterocycles. The number of cyclic esters (lactones) is 1. The van der Waals surface area contributed by atoms with Crippen molar-refractivity contribution in [1.82, 2.24) is 0 Å². The molecule has 0 fully saturated rings. The van der Waals surface area contributed by atoms with Crippen LogP contribution in [0.3, 0.4) is 0 Å². The first kappa shape index (κ1) is 17.2. The van der Waals surface area contributed by atoms with Crippen LogP contribution in [0, 0.1) is 3.57 Å². The topological polar surface area (TPSA) is 52.6 Å². The molecular formula is C18H14ClIO4. The fourth-order valence-electron chi connectivity index (χ4n) is 2.66. The van der Waals surface area contributed by atoms with Crippen LogP contribution in [0.4, 0.5) is 0 Å². The van der Waals surface area contributed by atoms with E-state index in [0.717, 1.165) is 9.13 Å². The smallest absolute Gasteiger partial charge is 0.345 e. The minimum Gasteiger partial charge on any atom is -0.451 e. The molecule has 0 atom stereocenters. The van der Waals surface area contributed by atoms with Gasteiger partial charge in [0.2, 0.25) is 5.79 Å². The van der Waals surface area contributed by atoms with Crippen molar-refractivity contribution in [2.24, 2.45) is 0 Å². The van der Waals surface area contributed by atoms with Crippen LogP contribution in [0.15, 0.2) is 30.3 Å². The number of Topliss-reactive ketones (excluding diaryl/α,β-unsaturated/α-hetero) is 1. The van der Waals surface area contributed by atoms with Gasteiger partial charge < -0.3 is 9.47 Å². The highest BCUT2D eigenvalue weighted by Crippen LogP contribution is 2.43. The predicted octanol–water partition coefficient (Wildman–Crippen LogP) is 5.10. The van der Waals surface area contributed by atoms with Gasteiger partial charge in [0.05, 0.1) is 5.56 Å². The quantitative estimate of drug-likeness (QED) is 0.358. The molecule has 0 bridgehead atoms. The molecule has 0 aliphatic carbocycles. The zero-order valence-electron chi connectivity index (χ0n) is 13.3. The first-order valence-corrected chi connectivity index (χ1v) is 8.71. The van der Waals surface area contributed by atoms with E-state index in [2.05, 4.69) is 22.6 Å². The Morgan fingerprint density at radius 1 is 1.17 bits per heavy atom. The van der Waals surface area contributed by atoms with Crippen LogP contribution >= 0.6 is 34.2 Å². The number of carbonyl (C=O) groups is 2. The summed E-state index contributed by atoms with van der Waals surface area (Å²) in [4.78, 5) is 24.7. The second-order valence-corrected chi connectivity index (χ2v) is 7.54. The molecule has 1 aliphatic rings. The minimum absolute atomic E-state index is 0.174. The van der Waals surface area contributed by atoms with Gasteiger partial charge >= 0.3 is 5.97 Å². The van der Waals surface area contributed by atoms with Crippen LogP contribution in [0.1, 0.15) is 41.5 Å². The molecule has 24 heavy (non-hydrogen) atoms. The first-order chi connectivity index (χ1) is 11.2. The van der Waals surface area contributed by atoms with E-state index in [0.29, 0.717) is 16.1 Å². The summed E-state index contributed by atoms with van der Waals surface area (Å²) in [6.45, 7) is 4.71. The van der Waals surface area contributed by atoms with Crippen molar-refractivity contribution in [1.29, 1.82) is 0 Å². The summed E-state index contributed by atoms with van der Waals surface area (Å²) < 4.78 is 12.0. The third-order valence-electron chi connectivity index (χ3n) is 3.61. The molecular weight excluding hydrogens is 443 g/mol. The number of rotatable bonds is 2. The van der Waals surface area contributed by atoms with Crippen molar-refractivity contribution >= 4 is 45.9 Å². The number of halogens is 2. The maximum absolute atomic E-state index is 12.7. The molecule has 0 amide bonds. The van der Waals surface area contributed by atoms with Crippen LogP contribution < -0.4 is 4.74 Å². The average Bonchev–Trinajstić information content (AvgIpc) is 2.46. The Balaban J connectivity index is 2.37. The fourth-order valence-corrected chi connectivity index (χ4v) is 3.74. The second kappa shape index (κ2) is 6.04. The summed E-state index contributed by atoms with van der Waals surface area (Å²) in [5.74, 6) is -1.56. The van der Waals surface area contributed by atoms with Gasteiger partial charge in [-0.1, -0.05) is 23.7 Å². The van der Waals surface area contributed by atoms with E-state index in [1.165, 1.54) is 6.92 Å². The van der Waals surface area contributed by atoms with Gasteiger partial charge in [-0.25, -0.2) is 4.79 Å². The Morgan fingerprint density at radius 3 is 2.50 bits per heavy atom. The minimum atomic E-state index is -1.13. The number of benzene rings is 2. The Labute approximate surface area is 158 Å². The van der Waals surface area contributed by atoms with Crippen LogP contribution in [0.5, 0.6) is 5.75 Å². The van der Waals surface area contributed by atoms with Crippen molar-refractivity contribution in [2.45, 2.75) is 26.6 Å². The first-order valence-electron chi connectivity index (χ1n) is 7.25. The summed E-state index contributed by atoms with van der Waals surface area (Å²) in [7, 11) is 0. The number of fused-ring (bicyclic) bond motifs is 1. The van der Waals surface area contributed by atoms with Gasteiger partial charge in [-0.2, -0.15) is 0 Å². The van der Waals surface area contributed by atoms with E-state index in [4.69, 9.17) is 21.1 Å². The van der Waals surface area contributed by atoms with Crippen LogP contribution in [-0.2, 0) is 4.74 Å². The summed E-state index contributed by atoms with van der Waals surface area (Å²) in [6.07, 6.45) is 0. The number of carbonyl (C=O) groups excluding carboxylic acids is 2. The van der Waals surface area contributed by atoms with Crippen LogP contribution in [-0.4, -0.2) is 17.5 Å². The molecule has 2 aromatic carbocycles. The summed E-state index contributed by atoms with van der Waals surface area (Å²) in [5, 5.41) is 0.554. The maximum Gasteiger partial charge on any atom is 0.345 e. The van der Waals surface area contributed by atoms with Crippen molar-refractivity contribution in [3.63, 3.8) is 0 Å². The second-order valence-electron chi connectivity index (χ2n) is 5.94. The van der Waals surface area contributed by atoms with E-state index < -0.39 is 11.8 Å². The van der Waals surface area contributed by atoms with Crippen LogP contribution in [0.25, 0.3) is 11.1 Å². The molecule has 0 spiro atoms. The molecule has 4 nitrogen and oxygen atoms in total. The highest BCUT2D eigenvalue weighted by Gasteiger charge is 2.39. The SMILES string of the molecule is CC(=O)c1cc(I)c(-c2cccc(Cl)c2)c2c1OC(C)(C)OC2=O. The van der Waals surface area contributed by atoms with Gasteiger partial charge in [0.1, 0.15) is 11.3 Å². The molecule has 1 heterocycles. The number of esters is 1. The van der Waals surface area contributed by atoms with Gasteiger partial charge in [0, 0.05) is 28.0 Å². The van der Waals surface area contributed by atoms with Gasteiger partial charge in [-0.15, -0.1) is 0 Å². The zero-order chi connectivity index (χ0) is 17.6. The third kappa shape index (κ3) is 3.02. The molecule has 124 valence electrons. The van der Waals surface area contributed by atoms with Crippen molar-refractivity contribution in [3.05, 3.63) is 50.1 Å². The lowest BCUT2D eigenvalue weighted by Crippen LogP contribution is -2.40. The summed E-state index contributed by atoms with van der Waals surface area (Å²) >= 11 is 8.19. The molecule has 3 rings (SSSR count). The monoisotopic (exact) mass is 456 g/mol. The molecule has 2 aromatic rings. The van der Waals surface area contributed by atoms with Crippen molar-refractivity contribution in [2.75, 3.05) is 0 Å². The standard InChI is InChI=1S/C18H14ClIO4/c1-9(21)12-8-13(20)14(10-5-4-6-11(19)7-10)15-16(12)23-18(2,3)24-17(15)22/h4-8H,1-3H3. The lowest BCUT2D eigenvalue weighted by molar-refractivity contribution is -0.127. The van der Waals surface area contributed by atoms with E-state index >= 15 is 0 Å². The lowest BCUT2D eigenvalue weighted by Gasteiger charge is -2.34. The van der Waals surface area contributed by atoms with E-state index in [9.17, 15) is 9.59 Å². The van der Waals surface area contributed by atoms with Crippen molar-refractivity contribution in [3.8, 4) is 16.9 Å². The molecule has 6 heteroatoms. The number of hydrogen-bond acceptors (Lipinski definition) is 4. The Bertz CT molecular complexity index is 874. The number of hydrogen-bond donors (Lipinski definition) is 0. The molecule has 0 radical (unpaired) electrons. The molecule has 0 N–H and O–H groups in total. The highest BCUT2D eigenvalue weighted by molar-refractivity contribution is 14.1. The van der Waals surface area contributed by atoms with Gasteiger partial charge in [-0.05, 0) is 53.3 Å². The molecule has 0 aromatic heterocycles. The average molecular weight is 457 g/mol. The third-order valence-corrected chi connectivity index (χ3v) is 4.70. The number of ketones is 1. The largest absolute Gasteiger partial charge is 0.451 e. The lowest BCUT2D eigenvalue weighted by atomic mass is 9.94. The molecule has 0 unspecified atom stereocenters. The fraction of sp³-hybridized carbons (Fsp3) is 0.222. The van der Waals surface area contributed by atoms with E-state index in [1.54, 1.807) is 38.1 Å². The highest BCUT2D eigenvalue weighted by atomic mass is 127. The normalized spacial score (nSPS) is 15.3. The van der Waals surface area contributed by atoms with Crippen LogP contribution in [0.2, 0.25) is 5.02 Å². The van der Waals surface area contributed by atoms with Gasteiger partial charge in [0.25, 0.3) is 0 Å². The number of ether oxygens (including phenoxy) is 2. The van der Waals surface area contributed by atoms with Gasteiger partial charge in [0.15, 0.2) is 5.78 Å². The zero-order valence-corrected chi connectivity index (χ0v) is 16.2. The van der Waals surface area contributed by atoms with E-state index in [1.807, 2.05) is 6.07 Å². The van der Waals surface area contributed by atoms with Crippen molar-refractivity contribution < 1.29 is 19.1 Å². The Kier molecular flexibility index (Phi) is 4.34. The van der Waals surface area contributed by atoms with Gasteiger partial charge in [-0.3, -0.25) is 4.79 Å². The Morgan fingerprint density at radius 2 is 1.88 bits per heavy atom. The Hall–Kier alpha value is -1.60. The summed E-state index contributed by atoms with van der Waals surface area (Å²) in [5.41, 5.74) is 2.04. The van der Waals surface area contributed by atoms with E-state index in [-0.39, 0.29) is 17.1 Å². The maximum atomic E-state index is 12.7. The predicted molar refractivity (Wildman–Crippen MR) is 99.7 cm³/mol. The summed E-state index contributed by atoms with van der Waals surface area (Å²) in [6, 6.07) is 8.90. The molecule has 0 saturated carbocycles.